The lowest BCUT2D eigenvalue weighted by molar-refractivity contribution is -0.137. The summed E-state index contributed by atoms with van der Waals surface area (Å²) in [6.45, 7) is 0. The molecule has 0 fully saturated rings. The van der Waals surface area contributed by atoms with Gasteiger partial charge in [0.1, 0.15) is 5.69 Å². The Kier molecular flexibility index (Phi) is 4.96. The number of aromatic nitrogens is 1. The van der Waals surface area contributed by atoms with Crippen LogP contribution in [0.4, 0.5) is 18.9 Å². The van der Waals surface area contributed by atoms with Crippen LogP contribution in [0.1, 0.15) is 26.4 Å². The normalized spacial score (nSPS) is 11.3. The van der Waals surface area contributed by atoms with E-state index in [2.05, 4.69) is 5.32 Å². The average molecular weight is 388 g/mol. The minimum atomic E-state index is -4.60. The maximum Gasteiger partial charge on any atom is 0.416 e. The fraction of sp³-hybridized carbons (Fsp3) is 0.100. The number of nitrogens with one attached hydrogen (secondary N) is 1. The molecule has 3 aromatic rings. The summed E-state index contributed by atoms with van der Waals surface area (Å²) in [6, 6.07) is 12.7. The van der Waals surface area contributed by atoms with Crippen molar-refractivity contribution in [3.05, 3.63) is 77.6 Å². The number of aryl methyl sites for hydroxylation is 1. The molecular formula is C20H15F3N2O3. The zero-order valence-electron chi connectivity index (χ0n) is 14.6. The second-order valence-corrected chi connectivity index (χ2v) is 6.11. The Bertz CT molecular complexity index is 1040. The highest BCUT2D eigenvalue weighted by Gasteiger charge is 2.32. The molecule has 0 unspecified atom stereocenters. The molecule has 2 N–H and O–H groups in total. The van der Waals surface area contributed by atoms with Crippen LogP contribution < -0.4 is 5.32 Å². The quantitative estimate of drug-likeness (QED) is 0.683. The van der Waals surface area contributed by atoms with Crippen LogP contribution in [0.3, 0.4) is 0 Å². The number of rotatable bonds is 4. The maximum atomic E-state index is 13.1. The third-order valence-corrected chi connectivity index (χ3v) is 4.16. The number of hydrogen-bond acceptors (Lipinski definition) is 2. The van der Waals surface area contributed by atoms with Crippen LogP contribution in [0.15, 0.2) is 60.8 Å². The number of amides is 1. The first kappa shape index (κ1) is 19.2. The van der Waals surface area contributed by atoms with E-state index in [0.29, 0.717) is 11.1 Å². The van der Waals surface area contributed by atoms with Gasteiger partial charge in [0.15, 0.2) is 0 Å². The fourth-order valence-corrected chi connectivity index (χ4v) is 2.82. The molecule has 0 aliphatic carbocycles. The molecule has 0 aliphatic rings. The summed E-state index contributed by atoms with van der Waals surface area (Å²) in [5.74, 6) is -1.96. The molecule has 8 heteroatoms. The van der Waals surface area contributed by atoms with Crippen molar-refractivity contribution < 1.29 is 27.9 Å². The molecule has 3 rings (SSSR count). The number of hydrogen-bond donors (Lipinski definition) is 2. The summed E-state index contributed by atoms with van der Waals surface area (Å²) in [4.78, 5) is 23.9. The molecule has 0 aliphatic heterocycles. The summed E-state index contributed by atoms with van der Waals surface area (Å²) >= 11 is 0. The van der Waals surface area contributed by atoms with Crippen LogP contribution in [0.25, 0.3) is 11.1 Å². The molecule has 28 heavy (non-hydrogen) atoms. The van der Waals surface area contributed by atoms with Gasteiger partial charge < -0.3 is 15.0 Å². The number of carboxylic acid groups (broad SMARTS) is 1. The highest BCUT2D eigenvalue weighted by molar-refractivity contribution is 6.09. The molecular weight excluding hydrogens is 373 g/mol. The van der Waals surface area contributed by atoms with E-state index in [1.165, 1.54) is 29.9 Å². The Morgan fingerprint density at radius 3 is 2.29 bits per heavy atom. The standard InChI is InChI=1S/C20H15F3N2O3/c1-25-11-14(10-17(25)19(27)28)24-18(26)16-9-13(20(21,22)23)7-8-15(16)12-5-3-2-4-6-12/h2-11H,1H3,(H,24,26)(H,27,28). The molecule has 1 aromatic heterocycles. The second kappa shape index (κ2) is 7.22. The van der Waals surface area contributed by atoms with Crippen LogP contribution in [0, 0.1) is 0 Å². The van der Waals surface area contributed by atoms with Gasteiger partial charge in [-0.3, -0.25) is 4.79 Å². The molecule has 2 aromatic carbocycles. The van der Waals surface area contributed by atoms with Crippen LogP contribution in [-0.4, -0.2) is 21.6 Å². The van der Waals surface area contributed by atoms with Crippen LogP contribution >= 0.6 is 0 Å². The van der Waals surface area contributed by atoms with E-state index in [9.17, 15) is 22.8 Å². The summed E-state index contributed by atoms with van der Waals surface area (Å²) in [6.07, 6.45) is -3.23. The summed E-state index contributed by atoms with van der Waals surface area (Å²) in [5, 5.41) is 11.6. The van der Waals surface area contributed by atoms with E-state index < -0.39 is 23.6 Å². The number of halogens is 3. The van der Waals surface area contributed by atoms with Crippen LogP contribution in [0.5, 0.6) is 0 Å². The summed E-state index contributed by atoms with van der Waals surface area (Å²) in [7, 11) is 1.48. The van der Waals surface area contributed by atoms with E-state index in [0.717, 1.165) is 12.1 Å². The number of carbonyl (C=O) groups is 2. The number of carbonyl (C=O) groups excluding carboxylic acids is 1. The minimum absolute atomic E-state index is 0.0670. The first-order valence-corrected chi connectivity index (χ1v) is 8.14. The Hall–Kier alpha value is -3.55. The molecule has 0 bridgehead atoms. The van der Waals surface area contributed by atoms with E-state index in [4.69, 9.17) is 5.11 Å². The predicted octanol–water partition coefficient (Wildman–Crippen LogP) is 4.66. The number of carboxylic acids is 1. The van der Waals surface area contributed by atoms with Gasteiger partial charge in [-0.25, -0.2) is 4.79 Å². The third-order valence-electron chi connectivity index (χ3n) is 4.16. The van der Waals surface area contributed by atoms with E-state index in [1.807, 2.05) is 0 Å². The van der Waals surface area contributed by atoms with E-state index in [1.54, 1.807) is 30.3 Å². The van der Waals surface area contributed by atoms with Crippen molar-refractivity contribution in [3.8, 4) is 11.1 Å². The number of alkyl halides is 3. The predicted molar refractivity (Wildman–Crippen MR) is 97.2 cm³/mol. The molecule has 0 saturated heterocycles. The number of benzene rings is 2. The van der Waals surface area contributed by atoms with Gasteiger partial charge in [-0.1, -0.05) is 36.4 Å². The maximum absolute atomic E-state index is 13.1. The molecule has 0 atom stereocenters. The van der Waals surface area contributed by atoms with Gasteiger partial charge >= 0.3 is 12.1 Å². The molecule has 0 radical (unpaired) electrons. The Morgan fingerprint density at radius 1 is 1.04 bits per heavy atom. The third kappa shape index (κ3) is 3.90. The second-order valence-electron chi connectivity index (χ2n) is 6.11. The van der Waals surface area contributed by atoms with E-state index >= 15 is 0 Å². The van der Waals surface area contributed by atoms with Crippen molar-refractivity contribution in [1.82, 2.24) is 4.57 Å². The van der Waals surface area contributed by atoms with Gasteiger partial charge in [0, 0.05) is 18.8 Å². The molecule has 1 heterocycles. The van der Waals surface area contributed by atoms with Crippen molar-refractivity contribution in [1.29, 1.82) is 0 Å². The van der Waals surface area contributed by atoms with Gasteiger partial charge in [0.25, 0.3) is 5.91 Å². The van der Waals surface area contributed by atoms with Crippen molar-refractivity contribution in [2.45, 2.75) is 6.18 Å². The first-order chi connectivity index (χ1) is 13.2. The summed E-state index contributed by atoms with van der Waals surface area (Å²) in [5.41, 5.74) is -0.0940. The fourth-order valence-electron chi connectivity index (χ4n) is 2.82. The molecule has 0 saturated carbocycles. The number of aromatic carboxylic acids is 1. The van der Waals surface area contributed by atoms with Crippen LogP contribution in [-0.2, 0) is 13.2 Å². The van der Waals surface area contributed by atoms with Crippen molar-refractivity contribution in [2.24, 2.45) is 7.05 Å². The van der Waals surface area contributed by atoms with Gasteiger partial charge in [-0.2, -0.15) is 13.2 Å². The lowest BCUT2D eigenvalue weighted by Gasteiger charge is -2.13. The minimum Gasteiger partial charge on any atom is -0.477 e. The van der Waals surface area contributed by atoms with E-state index in [-0.39, 0.29) is 16.9 Å². The van der Waals surface area contributed by atoms with Crippen molar-refractivity contribution >= 4 is 17.6 Å². The molecule has 1 amide bonds. The zero-order valence-corrected chi connectivity index (χ0v) is 14.6. The molecule has 144 valence electrons. The lowest BCUT2D eigenvalue weighted by atomic mass is 9.96. The highest BCUT2D eigenvalue weighted by Crippen LogP contribution is 2.33. The topological polar surface area (TPSA) is 71.3 Å². The van der Waals surface area contributed by atoms with Gasteiger partial charge in [0.05, 0.1) is 11.3 Å². The monoisotopic (exact) mass is 388 g/mol. The largest absolute Gasteiger partial charge is 0.477 e. The smallest absolute Gasteiger partial charge is 0.416 e. The van der Waals surface area contributed by atoms with Crippen molar-refractivity contribution in [3.63, 3.8) is 0 Å². The zero-order chi connectivity index (χ0) is 20.5. The number of nitrogens with zero attached hydrogens (tertiary/aromatic N) is 1. The van der Waals surface area contributed by atoms with Gasteiger partial charge in [0.2, 0.25) is 0 Å². The Labute approximate surface area is 158 Å². The average Bonchev–Trinajstić information content (AvgIpc) is 3.01. The van der Waals surface area contributed by atoms with Crippen molar-refractivity contribution in [2.75, 3.05) is 5.32 Å². The summed E-state index contributed by atoms with van der Waals surface area (Å²) < 4.78 is 40.7. The van der Waals surface area contributed by atoms with Gasteiger partial charge in [-0.15, -0.1) is 0 Å². The number of anilines is 1. The Balaban J connectivity index is 2.04. The Morgan fingerprint density at radius 2 is 1.71 bits per heavy atom. The van der Waals surface area contributed by atoms with Crippen LogP contribution in [0.2, 0.25) is 0 Å². The SMILES string of the molecule is Cn1cc(NC(=O)c2cc(C(F)(F)F)ccc2-c2ccccc2)cc1C(=O)O. The molecule has 0 spiro atoms. The van der Waals surface area contributed by atoms with Gasteiger partial charge in [-0.05, 0) is 29.3 Å². The highest BCUT2D eigenvalue weighted by atomic mass is 19.4. The lowest BCUT2D eigenvalue weighted by Crippen LogP contribution is -2.15. The first-order valence-electron chi connectivity index (χ1n) is 8.14. The molecule has 5 nitrogen and oxygen atoms in total.